The fourth-order valence-electron chi connectivity index (χ4n) is 4.86. The molecule has 2 saturated heterocycles. The molecule has 0 bridgehead atoms. The molecule has 4 rings (SSSR count). The molecule has 30 heavy (non-hydrogen) atoms. The van der Waals surface area contributed by atoms with Crippen LogP contribution in [0.3, 0.4) is 0 Å². The maximum Gasteiger partial charge on any atom is 0.242 e. The van der Waals surface area contributed by atoms with Crippen LogP contribution in [-0.2, 0) is 4.79 Å². The first-order valence-electron chi connectivity index (χ1n) is 10.7. The number of phenols is 1. The standard InChI is InChI=1S/C24H31N3O3/c1-14(2)16-6-8-17(9-7-16)23-20-21(18-13-15(3)5-10-19(18)29)25-26-22(20)24(30)27(23)11-4-12-28/h5-10,13-14,20-23,25-26,28-29H,4,11-12H2,1-3H3. The van der Waals surface area contributed by atoms with Crippen LogP contribution in [0.2, 0.25) is 0 Å². The number of rotatable bonds is 6. The Kier molecular flexibility index (Phi) is 5.82. The van der Waals surface area contributed by atoms with Gasteiger partial charge in [-0.2, -0.15) is 0 Å². The predicted molar refractivity (Wildman–Crippen MR) is 116 cm³/mol. The van der Waals surface area contributed by atoms with E-state index in [4.69, 9.17) is 0 Å². The second kappa shape index (κ2) is 8.38. The zero-order valence-electron chi connectivity index (χ0n) is 17.8. The van der Waals surface area contributed by atoms with Crippen LogP contribution >= 0.6 is 0 Å². The minimum Gasteiger partial charge on any atom is -0.508 e. The molecule has 0 saturated carbocycles. The van der Waals surface area contributed by atoms with E-state index in [0.717, 1.165) is 16.7 Å². The molecule has 1 amide bonds. The number of nitrogens with zero attached hydrogens (tertiary/aromatic N) is 1. The molecule has 2 aromatic rings. The van der Waals surface area contributed by atoms with Gasteiger partial charge in [0.2, 0.25) is 5.91 Å². The van der Waals surface area contributed by atoms with Gasteiger partial charge in [-0.05, 0) is 36.5 Å². The normalized spacial score (nSPS) is 25.9. The molecular weight excluding hydrogens is 378 g/mol. The van der Waals surface area contributed by atoms with Crippen molar-refractivity contribution in [2.24, 2.45) is 5.92 Å². The van der Waals surface area contributed by atoms with Crippen molar-refractivity contribution in [1.82, 2.24) is 15.8 Å². The van der Waals surface area contributed by atoms with E-state index in [1.807, 2.05) is 24.0 Å². The third-order valence-electron chi connectivity index (χ3n) is 6.43. The minimum absolute atomic E-state index is 0.0357. The van der Waals surface area contributed by atoms with Gasteiger partial charge < -0.3 is 15.1 Å². The Bertz CT molecular complexity index is 912. The van der Waals surface area contributed by atoms with E-state index in [1.165, 1.54) is 5.56 Å². The molecule has 4 N–H and O–H groups in total. The van der Waals surface area contributed by atoms with Crippen molar-refractivity contribution in [3.8, 4) is 5.75 Å². The van der Waals surface area contributed by atoms with E-state index >= 15 is 0 Å². The number of nitrogens with one attached hydrogen (secondary N) is 2. The smallest absolute Gasteiger partial charge is 0.242 e. The molecule has 2 fully saturated rings. The lowest BCUT2D eigenvalue weighted by molar-refractivity contribution is -0.130. The van der Waals surface area contributed by atoms with Crippen molar-refractivity contribution >= 4 is 5.91 Å². The van der Waals surface area contributed by atoms with Gasteiger partial charge in [0.25, 0.3) is 0 Å². The van der Waals surface area contributed by atoms with Crippen LogP contribution in [0, 0.1) is 12.8 Å². The van der Waals surface area contributed by atoms with Crippen molar-refractivity contribution in [3.05, 3.63) is 64.7 Å². The van der Waals surface area contributed by atoms with Gasteiger partial charge in [-0.1, -0.05) is 55.8 Å². The van der Waals surface area contributed by atoms with E-state index < -0.39 is 0 Å². The molecule has 160 valence electrons. The summed E-state index contributed by atoms with van der Waals surface area (Å²) in [7, 11) is 0. The van der Waals surface area contributed by atoms with E-state index in [1.54, 1.807) is 6.07 Å². The van der Waals surface area contributed by atoms with Crippen LogP contribution in [0.4, 0.5) is 0 Å². The Morgan fingerprint density at radius 3 is 2.43 bits per heavy atom. The van der Waals surface area contributed by atoms with Crippen molar-refractivity contribution in [3.63, 3.8) is 0 Å². The number of aryl methyl sites for hydroxylation is 1. The SMILES string of the molecule is Cc1ccc(O)c(C2NNC3C(=O)N(CCCO)C(c4ccc(C(C)C)cc4)C32)c1. The summed E-state index contributed by atoms with van der Waals surface area (Å²) in [4.78, 5) is 15.2. The van der Waals surface area contributed by atoms with Crippen molar-refractivity contribution in [1.29, 1.82) is 0 Å². The Morgan fingerprint density at radius 2 is 1.77 bits per heavy atom. The van der Waals surface area contributed by atoms with Gasteiger partial charge in [0.05, 0.1) is 12.1 Å². The lowest BCUT2D eigenvalue weighted by Crippen LogP contribution is -2.41. The van der Waals surface area contributed by atoms with Gasteiger partial charge >= 0.3 is 0 Å². The Balaban J connectivity index is 1.75. The Hall–Kier alpha value is -2.41. The highest BCUT2D eigenvalue weighted by Crippen LogP contribution is 2.48. The number of benzene rings is 2. The molecule has 2 aliphatic heterocycles. The molecule has 6 nitrogen and oxygen atoms in total. The highest BCUT2D eigenvalue weighted by atomic mass is 16.3. The van der Waals surface area contributed by atoms with E-state index in [-0.39, 0.29) is 42.3 Å². The first-order valence-corrected chi connectivity index (χ1v) is 10.7. The topological polar surface area (TPSA) is 84.8 Å². The van der Waals surface area contributed by atoms with Gasteiger partial charge in [0.15, 0.2) is 0 Å². The summed E-state index contributed by atoms with van der Waals surface area (Å²) in [6.07, 6.45) is 0.541. The molecule has 0 radical (unpaired) electrons. The number of carbonyl (C=O) groups is 1. The van der Waals surface area contributed by atoms with Crippen molar-refractivity contribution in [2.45, 2.75) is 51.2 Å². The third-order valence-corrected chi connectivity index (χ3v) is 6.43. The van der Waals surface area contributed by atoms with Gasteiger partial charge in [-0.15, -0.1) is 0 Å². The van der Waals surface area contributed by atoms with Crippen LogP contribution in [0.25, 0.3) is 0 Å². The number of hydrogen-bond acceptors (Lipinski definition) is 5. The molecule has 4 atom stereocenters. The molecule has 2 heterocycles. The fourth-order valence-corrected chi connectivity index (χ4v) is 4.86. The lowest BCUT2D eigenvalue weighted by Gasteiger charge is -2.31. The molecular formula is C24H31N3O3. The number of amides is 1. The summed E-state index contributed by atoms with van der Waals surface area (Å²) in [5, 5.41) is 19.9. The number of aliphatic hydroxyl groups is 1. The quantitative estimate of drug-likeness (QED) is 0.590. The summed E-state index contributed by atoms with van der Waals surface area (Å²) in [6, 6.07) is 13.4. The molecule has 0 spiro atoms. The second-order valence-electron chi connectivity index (χ2n) is 8.76. The Morgan fingerprint density at radius 1 is 1.07 bits per heavy atom. The molecule has 2 aromatic carbocycles. The largest absolute Gasteiger partial charge is 0.508 e. The molecule has 0 aliphatic carbocycles. The summed E-state index contributed by atoms with van der Waals surface area (Å²) >= 11 is 0. The van der Waals surface area contributed by atoms with Crippen LogP contribution in [0.5, 0.6) is 5.75 Å². The maximum absolute atomic E-state index is 13.3. The summed E-state index contributed by atoms with van der Waals surface area (Å²) < 4.78 is 0. The van der Waals surface area contributed by atoms with Gasteiger partial charge in [0.1, 0.15) is 11.8 Å². The maximum atomic E-state index is 13.3. The molecule has 4 unspecified atom stereocenters. The number of fused-ring (bicyclic) bond motifs is 1. The summed E-state index contributed by atoms with van der Waals surface area (Å²) in [5.41, 5.74) is 10.7. The average Bonchev–Trinajstić information content (AvgIpc) is 3.27. The number of likely N-dealkylation sites (tertiary alicyclic amines) is 1. The minimum atomic E-state index is -0.372. The summed E-state index contributed by atoms with van der Waals surface area (Å²) in [5.74, 6) is 0.632. The number of aliphatic hydroxyl groups excluding tert-OH is 1. The number of aromatic hydroxyl groups is 1. The van der Waals surface area contributed by atoms with Crippen LogP contribution < -0.4 is 10.9 Å². The number of carbonyl (C=O) groups excluding carboxylic acids is 1. The van der Waals surface area contributed by atoms with Gasteiger partial charge in [-0.3, -0.25) is 4.79 Å². The fraction of sp³-hybridized carbons (Fsp3) is 0.458. The van der Waals surface area contributed by atoms with Crippen LogP contribution in [-0.4, -0.2) is 40.2 Å². The molecule has 2 aliphatic rings. The van der Waals surface area contributed by atoms with Gasteiger partial charge in [0, 0.05) is 24.6 Å². The Labute approximate surface area is 177 Å². The van der Waals surface area contributed by atoms with Gasteiger partial charge in [-0.25, -0.2) is 10.9 Å². The zero-order valence-corrected chi connectivity index (χ0v) is 17.8. The first-order chi connectivity index (χ1) is 14.4. The number of hydrazine groups is 1. The highest BCUT2D eigenvalue weighted by molar-refractivity contribution is 5.86. The van der Waals surface area contributed by atoms with E-state index in [0.29, 0.717) is 18.9 Å². The third kappa shape index (κ3) is 3.60. The van der Waals surface area contributed by atoms with E-state index in [9.17, 15) is 15.0 Å². The monoisotopic (exact) mass is 409 g/mol. The molecule has 6 heteroatoms. The second-order valence-corrected chi connectivity index (χ2v) is 8.76. The van der Waals surface area contributed by atoms with Crippen molar-refractivity contribution < 1.29 is 15.0 Å². The van der Waals surface area contributed by atoms with Crippen LogP contribution in [0.15, 0.2) is 42.5 Å². The lowest BCUT2D eigenvalue weighted by atomic mass is 9.82. The van der Waals surface area contributed by atoms with E-state index in [2.05, 4.69) is 49.0 Å². The molecule has 0 aromatic heterocycles. The predicted octanol–water partition coefficient (Wildman–Crippen LogP) is 2.92. The van der Waals surface area contributed by atoms with Crippen LogP contribution in [0.1, 0.15) is 60.5 Å². The van der Waals surface area contributed by atoms with Crippen molar-refractivity contribution in [2.75, 3.05) is 13.2 Å². The first kappa shape index (κ1) is 20.8. The number of phenolic OH excluding ortho intramolecular Hbond substituents is 1. The highest BCUT2D eigenvalue weighted by Gasteiger charge is 2.55. The summed E-state index contributed by atoms with van der Waals surface area (Å²) in [6.45, 7) is 6.88. The zero-order chi connectivity index (χ0) is 21.4. The number of hydrogen-bond donors (Lipinski definition) is 4. The average molecular weight is 410 g/mol.